The van der Waals surface area contributed by atoms with Gasteiger partial charge in [-0.1, -0.05) is 53.6 Å². The van der Waals surface area contributed by atoms with E-state index < -0.39 is 0 Å². The number of likely N-dealkylation sites (N-methyl/N-ethyl adjacent to an activating group) is 1. The van der Waals surface area contributed by atoms with Gasteiger partial charge in [0.05, 0.1) is 0 Å². The largest absolute Gasteiger partial charge is 0.299 e. The van der Waals surface area contributed by atoms with Crippen LogP contribution in [0.15, 0.2) is 53.6 Å². The second-order valence-electron chi connectivity index (χ2n) is 6.05. The third-order valence-electron chi connectivity index (χ3n) is 4.84. The maximum atomic E-state index is 2.50. The smallest absolute Gasteiger partial charge is 0.0345 e. The van der Waals surface area contributed by atoms with Crippen molar-refractivity contribution in [2.45, 2.75) is 32.7 Å². The molecule has 0 amide bonds. The quantitative estimate of drug-likeness (QED) is 0.726. The van der Waals surface area contributed by atoms with Gasteiger partial charge in [0.2, 0.25) is 0 Å². The molecule has 1 heterocycles. The number of hydrogen-bond acceptors (Lipinski definition) is 1. The highest BCUT2D eigenvalue weighted by Gasteiger charge is 2.23. The van der Waals surface area contributed by atoms with Gasteiger partial charge < -0.3 is 0 Å². The van der Waals surface area contributed by atoms with Gasteiger partial charge in [-0.25, -0.2) is 0 Å². The van der Waals surface area contributed by atoms with Gasteiger partial charge in [-0.05, 0) is 50.1 Å². The first-order chi connectivity index (χ1) is 9.66. The fraction of sp³-hybridized carbons (Fsp3) is 0.368. The molecule has 0 aliphatic carbocycles. The van der Waals surface area contributed by atoms with Crippen LogP contribution in [0.1, 0.15) is 25.8 Å². The Hall–Kier alpha value is -1.60. The summed E-state index contributed by atoms with van der Waals surface area (Å²) in [6.07, 6.45) is 2.33. The molecule has 1 aliphatic rings. The van der Waals surface area contributed by atoms with Crippen molar-refractivity contribution in [2.24, 2.45) is 0 Å². The molecule has 0 radical (unpaired) electrons. The number of rotatable bonds is 2. The second-order valence-corrected chi connectivity index (χ2v) is 6.05. The lowest BCUT2D eigenvalue weighted by Gasteiger charge is -2.35. The molecule has 1 atom stereocenters. The molecule has 104 valence electrons. The Bertz CT molecular complexity index is 648. The summed E-state index contributed by atoms with van der Waals surface area (Å²) < 4.78 is 0. The molecule has 0 spiro atoms. The van der Waals surface area contributed by atoms with E-state index in [0.717, 1.165) is 6.42 Å². The zero-order valence-corrected chi connectivity index (χ0v) is 12.7. The Balaban J connectivity index is 1.99. The summed E-state index contributed by atoms with van der Waals surface area (Å²) >= 11 is 0. The van der Waals surface area contributed by atoms with Crippen LogP contribution in [0.3, 0.4) is 0 Å². The topological polar surface area (TPSA) is 3.24 Å². The van der Waals surface area contributed by atoms with Crippen molar-refractivity contribution < 1.29 is 0 Å². The Morgan fingerprint density at radius 2 is 1.80 bits per heavy atom. The highest BCUT2D eigenvalue weighted by molar-refractivity contribution is 5.85. The zero-order valence-electron chi connectivity index (χ0n) is 12.7. The van der Waals surface area contributed by atoms with Gasteiger partial charge in [-0.2, -0.15) is 0 Å². The molecule has 2 aromatic rings. The van der Waals surface area contributed by atoms with Crippen LogP contribution in [0, 0.1) is 0 Å². The Kier molecular flexibility index (Phi) is 3.62. The third-order valence-corrected chi connectivity index (χ3v) is 4.84. The zero-order chi connectivity index (χ0) is 14.1. The Labute approximate surface area is 121 Å². The molecule has 0 unspecified atom stereocenters. The third kappa shape index (κ3) is 2.38. The average molecular weight is 265 g/mol. The van der Waals surface area contributed by atoms with Gasteiger partial charge in [-0.3, -0.25) is 4.90 Å². The lowest BCUT2D eigenvalue weighted by molar-refractivity contribution is 0.256. The molecule has 2 aromatic carbocycles. The highest BCUT2D eigenvalue weighted by atomic mass is 15.1. The maximum Gasteiger partial charge on any atom is 0.0345 e. The van der Waals surface area contributed by atoms with E-state index in [1.807, 2.05) is 0 Å². The van der Waals surface area contributed by atoms with E-state index in [-0.39, 0.29) is 0 Å². The molecule has 1 aliphatic heterocycles. The molecule has 0 fully saturated rings. The van der Waals surface area contributed by atoms with Crippen molar-refractivity contribution in [1.29, 1.82) is 0 Å². The summed E-state index contributed by atoms with van der Waals surface area (Å²) in [6, 6.07) is 15.9. The molecule has 0 aromatic heterocycles. The Morgan fingerprint density at radius 1 is 1.05 bits per heavy atom. The average Bonchev–Trinajstić information content (AvgIpc) is 2.48. The van der Waals surface area contributed by atoms with Crippen LogP contribution in [-0.2, 0) is 6.42 Å². The standard InChI is InChI=1S/C19H23N/c1-14-11-12-20(3)19(15(14)2)13-17-9-6-8-16-7-4-5-10-18(16)17/h4-10,19H,11-13H2,1-3H3/t19-/m1/s1. The van der Waals surface area contributed by atoms with Gasteiger partial charge in [-0.15, -0.1) is 0 Å². The van der Waals surface area contributed by atoms with Crippen molar-refractivity contribution in [1.82, 2.24) is 4.90 Å². The fourth-order valence-electron chi connectivity index (χ4n) is 3.30. The van der Waals surface area contributed by atoms with E-state index >= 15 is 0 Å². The minimum Gasteiger partial charge on any atom is -0.299 e. The van der Waals surface area contributed by atoms with Gasteiger partial charge in [0.1, 0.15) is 0 Å². The normalized spacial score (nSPS) is 20.6. The molecule has 0 bridgehead atoms. The number of hydrogen-bond donors (Lipinski definition) is 0. The van der Waals surface area contributed by atoms with Crippen LogP contribution < -0.4 is 0 Å². The first-order valence-corrected chi connectivity index (χ1v) is 7.50. The maximum absolute atomic E-state index is 2.50. The molecule has 0 saturated carbocycles. The number of nitrogens with zero attached hydrogens (tertiary/aromatic N) is 1. The van der Waals surface area contributed by atoms with E-state index in [0.29, 0.717) is 6.04 Å². The monoisotopic (exact) mass is 265 g/mol. The Morgan fingerprint density at radius 3 is 2.65 bits per heavy atom. The van der Waals surface area contributed by atoms with Gasteiger partial charge in [0.25, 0.3) is 0 Å². The van der Waals surface area contributed by atoms with Crippen molar-refractivity contribution >= 4 is 10.8 Å². The summed E-state index contributed by atoms with van der Waals surface area (Å²) in [6.45, 7) is 5.78. The van der Waals surface area contributed by atoms with Gasteiger partial charge in [0.15, 0.2) is 0 Å². The minimum absolute atomic E-state index is 0.551. The van der Waals surface area contributed by atoms with Crippen LogP contribution >= 0.6 is 0 Å². The van der Waals surface area contributed by atoms with E-state index in [1.165, 1.54) is 29.3 Å². The summed E-state index contributed by atoms with van der Waals surface area (Å²) in [5.41, 5.74) is 4.61. The predicted octanol–water partition coefficient (Wildman–Crippen LogP) is 4.42. The van der Waals surface area contributed by atoms with Gasteiger partial charge >= 0.3 is 0 Å². The SMILES string of the molecule is CC1=C(C)[C@@H](Cc2cccc3ccccc23)N(C)CC1. The van der Waals surface area contributed by atoms with Crippen LogP contribution in [0.2, 0.25) is 0 Å². The molecule has 1 nitrogen and oxygen atoms in total. The second kappa shape index (κ2) is 5.41. The summed E-state index contributed by atoms with van der Waals surface area (Å²) in [4.78, 5) is 2.50. The van der Waals surface area contributed by atoms with E-state index in [1.54, 1.807) is 11.1 Å². The summed E-state index contributed by atoms with van der Waals surface area (Å²) in [5, 5.41) is 2.75. The van der Waals surface area contributed by atoms with Crippen LogP contribution in [-0.4, -0.2) is 24.5 Å². The molecule has 0 saturated heterocycles. The summed E-state index contributed by atoms with van der Waals surface area (Å²) in [5.74, 6) is 0. The van der Waals surface area contributed by atoms with Crippen LogP contribution in [0.5, 0.6) is 0 Å². The van der Waals surface area contributed by atoms with Gasteiger partial charge in [0, 0.05) is 12.6 Å². The molecule has 1 heteroatoms. The highest BCUT2D eigenvalue weighted by Crippen LogP contribution is 2.27. The van der Waals surface area contributed by atoms with E-state index in [9.17, 15) is 0 Å². The van der Waals surface area contributed by atoms with Crippen molar-refractivity contribution in [2.75, 3.05) is 13.6 Å². The molecule has 20 heavy (non-hydrogen) atoms. The lowest BCUT2D eigenvalue weighted by Crippen LogP contribution is -2.39. The molecule has 3 rings (SSSR count). The number of benzene rings is 2. The van der Waals surface area contributed by atoms with Crippen LogP contribution in [0.4, 0.5) is 0 Å². The fourth-order valence-corrected chi connectivity index (χ4v) is 3.30. The first-order valence-electron chi connectivity index (χ1n) is 7.50. The first kappa shape index (κ1) is 13.4. The van der Waals surface area contributed by atoms with E-state index in [2.05, 4.69) is 68.3 Å². The number of fused-ring (bicyclic) bond motifs is 1. The van der Waals surface area contributed by atoms with Crippen molar-refractivity contribution in [3.05, 3.63) is 59.2 Å². The van der Waals surface area contributed by atoms with Crippen LogP contribution in [0.25, 0.3) is 10.8 Å². The molecular formula is C19H23N. The minimum atomic E-state index is 0.551. The summed E-state index contributed by atoms with van der Waals surface area (Å²) in [7, 11) is 2.26. The van der Waals surface area contributed by atoms with Crippen molar-refractivity contribution in [3.63, 3.8) is 0 Å². The van der Waals surface area contributed by atoms with E-state index in [4.69, 9.17) is 0 Å². The molecular weight excluding hydrogens is 242 g/mol. The molecule has 0 N–H and O–H groups in total. The predicted molar refractivity (Wildman–Crippen MR) is 87.1 cm³/mol. The lowest BCUT2D eigenvalue weighted by atomic mass is 9.89. The van der Waals surface area contributed by atoms with Crippen molar-refractivity contribution in [3.8, 4) is 0 Å².